The second-order valence-electron chi connectivity index (χ2n) is 6.64. The zero-order chi connectivity index (χ0) is 23.4. The minimum Gasteiger partial charge on any atom is -0.495 e. The number of hydrogen-bond acceptors (Lipinski definition) is 8. The van der Waals surface area contributed by atoms with Gasteiger partial charge in [0, 0.05) is 12.1 Å². The van der Waals surface area contributed by atoms with Gasteiger partial charge in [0.15, 0.2) is 6.10 Å². The highest BCUT2D eigenvalue weighted by Gasteiger charge is 2.21. The van der Waals surface area contributed by atoms with E-state index in [2.05, 4.69) is 10.4 Å². The van der Waals surface area contributed by atoms with Crippen molar-refractivity contribution in [3.63, 3.8) is 0 Å². The summed E-state index contributed by atoms with van der Waals surface area (Å²) in [7, 11) is 1.32. The van der Waals surface area contributed by atoms with Crippen molar-refractivity contribution in [1.29, 1.82) is 0 Å². The first kappa shape index (κ1) is 22.2. The first-order valence-electron chi connectivity index (χ1n) is 9.26. The summed E-state index contributed by atoms with van der Waals surface area (Å²) in [5.41, 5.74) is -1.41. The summed E-state index contributed by atoms with van der Waals surface area (Å²) >= 11 is 0. The summed E-state index contributed by atoms with van der Waals surface area (Å²) in [4.78, 5) is 59.6. The normalized spacial score (nSPS) is 11.6. The Kier molecular flexibility index (Phi) is 6.33. The Morgan fingerprint density at radius 2 is 1.88 bits per heavy atom. The Bertz CT molecular complexity index is 1330. The van der Waals surface area contributed by atoms with Crippen molar-refractivity contribution in [3.8, 4) is 5.75 Å². The van der Waals surface area contributed by atoms with E-state index < -0.39 is 40.6 Å². The summed E-state index contributed by atoms with van der Waals surface area (Å²) in [5.74, 6) is -1.56. The highest BCUT2D eigenvalue weighted by Crippen LogP contribution is 2.29. The fourth-order valence-corrected chi connectivity index (χ4v) is 2.92. The zero-order valence-corrected chi connectivity index (χ0v) is 17.0. The lowest BCUT2D eigenvalue weighted by Gasteiger charge is -2.15. The maximum Gasteiger partial charge on any atom is 0.328 e. The fourth-order valence-electron chi connectivity index (χ4n) is 2.92. The van der Waals surface area contributed by atoms with E-state index in [9.17, 15) is 29.3 Å². The molecule has 0 saturated carbocycles. The number of aromatic nitrogens is 2. The number of hydrogen-bond donors (Lipinski definition) is 2. The van der Waals surface area contributed by atoms with Gasteiger partial charge in [0.2, 0.25) is 0 Å². The quantitative estimate of drug-likeness (QED) is 0.313. The smallest absolute Gasteiger partial charge is 0.328 e. The van der Waals surface area contributed by atoms with Gasteiger partial charge in [0.25, 0.3) is 22.7 Å². The maximum atomic E-state index is 12.5. The van der Waals surface area contributed by atoms with Crippen LogP contribution in [0.15, 0.2) is 52.1 Å². The molecule has 0 radical (unpaired) electrons. The number of benzene rings is 2. The third-order valence-electron chi connectivity index (χ3n) is 4.50. The second-order valence-corrected chi connectivity index (χ2v) is 6.64. The van der Waals surface area contributed by atoms with Crippen LogP contribution in [0.5, 0.6) is 5.75 Å². The van der Waals surface area contributed by atoms with Crippen molar-refractivity contribution < 1.29 is 24.0 Å². The van der Waals surface area contributed by atoms with E-state index in [1.54, 1.807) is 12.1 Å². The Labute approximate surface area is 179 Å². The Morgan fingerprint density at radius 3 is 2.53 bits per heavy atom. The van der Waals surface area contributed by atoms with E-state index in [0.717, 1.165) is 10.7 Å². The third kappa shape index (κ3) is 4.64. The van der Waals surface area contributed by atoms with Crippen molar-refractivity contribution in [3.05, 3.63) is 73.3 Å². The van der Waals surface area contributed by atoms with Crippen molar-refractivity contribution in [2.75, 3.05) is 12.4 Å². The number of H-pyrrole nitrogens is 1. The first-order valence-corrected chi connectivity index (χ1v) is 9.26. The number of aromatic amines is 1. The molecule has 32 heavy (non-hydrogen) atoms. The molecule has 12 nitrogen and oxygen atoms in total. The summed E-state index contributed by atoms with van der Waals surface area (Å²) in [6.07, 6.45) is -1.31. The number of anilines is 1. The average molecular weight is 442 g/mol. The van der Waals surface area contributed by atoms with Gasteiger partial charge in [-0.05, 0) is 25.1 Å². The summed E-state index contributed by atoms with van der Waals surface area (Å²) in [6, 6.07) is 9.74. The van der Waals surface area contributed by atoms with Crippen molar-refractivity contribution in [2.45, 2.75) is 19.6 Å². The molecular formula is C20H18N4O8. The molecule has 1 heterocycles. The molecule has 0 aliphatic carbocycles. The molecule has 3 rings (SSSR count). The number of carbonyl (C=O) groups is 2. The lowest BCUT2D eigenvalue weighted by molar-refractivity contribution is -0.384. The number of nitro groups is 1. The molecule has 0 aliphatic rings. The Morgan fingerprint density at radius 1 is 1.19 bits per heavy atom. The molecule has 3 aromatic rings. The van der Waals surface area contributed by atoms with E-state index in [1.165, 1.54) is 38.3 Å². The van der Waals surface area contributed by atoms with E-state index in [4.69, 9.17) is 9.47 Å². The number of nitro benzene ring substituents is 1. The highest BCUT2D eigenvalue weighted by molar-refractivity contribution is 5.96. The van der Waals surface area contributed by atoms with Crippen molar-refractivity contribution >= 4 is 34.0 Å². The fraction of sp³-hybridized carbons (Fsp3) is 0.200. The van der Waals surface area contributed by atoms with E-state index in [-0.39, 0.29) is 27.9 Å². The second kappa shape index (κ2) is 9.12. The van der Waals surface area contributed by atoms with Crippen LogP contribution in [-0.2, 0) is 20.9 Å². The number of rotatable bonds is 7. The third-order valence-corrected chi connectivity index (χ3v) is 4.50. The predicted molar refractivity (Wildman–Crippen MR) is 113 cm³/mol. The van der Waals surface area contributed by atoms with Crippen LogP contribution in [0, 0.1) is 10.1 Å². The number of nitrogens with zero attached hydrogens (tertiary/aromatic N) is 2. The molecule has 166 valence electrons. The van der Waals surface area contributed by atoms with Crippen LogP contribution in [0.1, 0.15) is 6.92 Å². The van der Waals surface area contributed by atoms with E-state index in [1.807, 2.05) is 0 Å². The van der Waals surface area contributed by atoms with Gasteiger partial charge in [-0.1, -0.05) is 12.1 Å². The van der Waals surface area contributed by atoms with E-state index >= 15 is 0 Å². The van der Waals surface area contributed by atoms with Crippen LogP contribution >= 0.6 is 0 Å². The number of non-ortho nitro benzene ring substituents is 1. The molecule has 0 aliphatic heterocycles. The first-order chi connectivity index (χ1) is 15.2. The van der Waals surface area contributed by atoms with Crippen LogP contribution < -0.4 is 21.2 Å². The molecular weight excluding hydrogens is 424 g/mol. The van der Waals surface area contributed by atoms with Crippen LogP contribution in [0.4, 0.5) is 11.4 Å². The molecule has 1 aromatic heterocycles. The summed E-state index contributed by atoms with van der Waals surface area (Å²) in [5, 5.41) is 16.0. The SMILES string of the molecule is COc1ccc([N+](=O)[O-])cc1NC(=O)[C@H](C)OC(=O)Cn1[nH]c(=O)c2ccccc2c1=O. The molecule has 2 N–H and O–H groups in total. The molecule has 1 atom stereocenters. The number of ether oxygens (including phenoxy) is 2. The lowest BCUT2D eigenvalue weighted by atomic mass is 10.2. The number of esters is 1. The van der Waals surface area contributed by atoms with Gasteiger partial charge in [0.05, 0.1) is 28.5 Å². The molecule has 0 bridgehead atoms. The van der Waals surface area contributed by atoms with Crippen LogP contribution in [-0.4, -0.2) is 39.8 Å². The Hall–Kier alpha value is -4.48. The van der Waals surface area contributed by atoms with Gasteiger partial charge < -0.3 is 14.8 Å². The van der Waals surface area contributed by atoms with Crippen molar-refractivity contribution in [2.24, 2.45) is 0 Å². The molecule has 12 heteroatoms. The lowest BCUT2D eigenvalue weighted by Crippen LogP contribution is -2.36. The van der Waals surface area contributed by atoms with Gasteiger partial charge in [0.1, 0.15) is 12.3 Å². The molecule has 0 unspecified atom stereocenters. The number of methoxy groups -OCH3 is 1. The van der Waals surface area contributed by atoms with Gasteiger partial charge in [-0.3, -0.25) is 34.4 Å². The average Bonchev–Trinajstić information content (AvgIpc) is 2.77. The summed E-state index contributed by atoms with van der Waals surface area (Å²) in [6.45, 7) is 0.652. The van der Waals surface area contributed by atoms with Gasteiger partial charge in [-0.25, -0.2) is 4.68 Å². The maximum absolute atomic E-state index is 12.5. The number of nitrogens with one attached hydrogen (secondary N) is 2. The summed E-state index contributed by atoms with van der Waals surface area (Å²) < 4.78 is 10.9. The highest BCUT2D eigenvalue weighted by atomic mass is 16.6. The minimum atomic E-state index is -1.31. The zero-order valence-electron chi connectivity index (χ0n) is 17.0. The van der Waals surface area contributed by atoms with Gasteiger partial charge >= 0.3 is 5.97 Å². The van der Waals surface area contributed by atoms with Crippen molar-refractivity contribution in [1.82, 2.24) is 9.78 Å². The molecule has 2 aromatic carbocycles. The number of amides is 1. The van der Waals surface area contributed by atoms with Crippen LogP contribution in [0.25, 0.3) is 10.8 Å². The monoisotopic (exact) mass is 442 g/mol. The topological polar surface area (TPSA) is 163 Å². The molecule has 0 fully saturated rings. The minimum absolute atomic E-state index is 0.0182. The Balaban J connectivity index is 1.72. The van der Waals surface area contributed by atoms with Crippen LogP contribution in [0.3, 0.4) is 0 Å². The van der Waals surface area contributed by atoms with Gasteiger partial charge in [-0.15, -0.1) is 0 Å². The molecule has 1 amide bonds. The molecule has 0 spiro atoms. The standard InChI is InChI=1S/C20H18N4O8/c1-11(18(26)21-15-9-12(24(29)30)7-8-16(15)31-2)32-17(25)10-23-20(28)14-6-4-3-5-13(14)19(27)22-23/h3-9,11H,10H2,1-2H3,(H,21,26)(H,22,27)/t11-/m0/s1. The van der Waals surface area contributed by atoms with Gasteiger partial charge in [-0.2, -0.15) is 0 Å². The largest absolute Gasteiger partial charge is 0.495 e. The van der Waals surface area contributed by atoms with Crippen LogP contribution in [0.2, 0.25) is 0 Å². The molecule has 0 saturated heterocycles. The number of carbonyl (C=O) groups excluding carboxylic acids is 2. The number of fused-ring (bicyclic) bond motifs is 1. The van der Waals surface area contributed by atoms with E-state index in [0.29, 0.717) is 0 Å². The predicted octanol–water partition coefficient (Wildman–Crippen LogP) is 1.18.